The number of carbonyl (C=O) groups is 1. The molecule has 5 heterocycles. The van der Waals surface area contributed by atoms with Gasteiger partial charge in [-0.05, 0) is 37.1 Å². The maximum atomic E-state index is 12.3. The highest BCUT2D eigenvalue weighted by molar-refractivity contribution is 7.13. The van der Waals surface area contributed by atoms with Gasteiger partial charge in [0.05, 0.1) is 5.56 Å². The summed E-state index contributed by atoms with van der Waals surface area (Å²) in [6.45, 7) is 1.63. The van der Waals surface area contributed by atoms with Crippen LogP contribution in [0.2, 0.25) is 0 Å². The Morgan fingerprint density at radius 3 is 2.77 bits per heavy atom. The molecule has 1 amide bonds. The first kappa shape index (κ1) is 19.2. The summed E-state index contributed by atoms with van der Waals surface area (Å²) in [6, 6.07) is 9.24. The van der Waals surface area contributed by atoms with Gasteiger partial charge in [0.1, 0.15) is 17.0 Å². The zero-order valence-electron chi connectivity index (χ0n) is 16.4. The number of amides is 1. The van der Waals surface area contributed by atoms with Crippen LogP contribution >= 0.6 is 11.3 Å². The topological polar surface area (TPSA) is 123 Å². The number of piperidine rings is 1. The lowest BCUT2D eigenvalue weighted by atomic mass is 9.97. The fraction of sp³-hybridized carbons (Fsp3) is 0.250. The van der Waals surface area contributed by atoms with Crippen molar-refractivity contribution in [3.8, 4) is 11.5 Å². The Labute approximate surface area is 181 Å². The molecule has 5 rings (SSSR count). The monoisotopic (exact) mass is 434 g/mol. The molecule has 31 heavy (non-hydrogen) atoms. The number of nitrogens with one attached hydrogen (secondary N) is 1. The van der Waals surface area contributed by atoms with Crippen molar-refractivity contribution < 1.29 is 9.32 Å². The second-order valence-corrected chi connectivity index (χ2v) is 7.87. The molecule has 0 bridgehead atoms. The summed E-state index contributed by atoms with van der Waals surface area (Å²) in [4.78, 5) is 27.7. The molecule has 0 atom stereocenters. The second-order valence-electron chi connectivity index (χ2n) is 7.04. The number of rotatable bonds is 5. The first-order valence-corrected chi connectivity index (χ1v) is 10.7. The summed E-state index contributed by atoms with van der Waals surface area (Å²) in [5.74, 6) is 1.96. The predicted molar refractivity (Wildman–Crippen MR) is 114 cm³/mol. The lowest BCUT2D eigenvalue weighted by Crippen LogP contribution is -2.33. The van der Waals surface area contributed by atoms with Gasteiger partial charge >= 0.3 is 0 Å². The van der Waals surface area contributed by atoms with Crippen molar-refractivity contribution in [2.45, 2.75) is 18.8 Å². The van der Waals surface area contributed by atoms with E-state index in [0.29, 0.717) is 28.1 Å². The maximum absolute atomic E-state index is 12.3. The van der Waals surface area contributed by atoms with E-state index in [0.717, 1.165) is 31.7 Å². The first-order chi connectivity index (χ1) is 15.3. The van der Waals surface area contributed by atoms with Crippen LogP contribution in [-0.4, -0.2) is 49.3 Å². The molecule has 0 spiro atoms. The molecule has 0 aliphatic carbocycles. The molecule has 156 valence electrons. The molecular weight excluding hydrogens is 416 g/mol. The van der Waals surface area contributed by atoms with E-state index in [1.807, 2.05) is 24.3 Å². The molecule has 0 saturated carbocycles. The highest BCUT2D eigenvalue weighted by atomic mass is 32.1. The zero-order valence-corrected chi connectivity index (χ0v) is 17.2. The van der Waals surface area contributed by atoms with Crippen LogP contribution in [0.4, 0.5) is 10.9 Å². The highest BCUT2D eigenvalue weighted by Crippen LogP contribution is 2.30. The SMILES string of the molecule is O=C(Nc1nncs1)c1ccc(N2CCC(c3nc(-c4ccccn4)no3)CC2)nc1. The van der Waals surface area contributed by atoms with Crippen molar-refractivity contribution in [1.29, 1.82) is 0 Å². The second kappa shape index (κ2) is 8.56. The molecule has 0 unspecified atom stereocenters. The Morgan fingerprint density at radius 2 is 2.06 bits per heavy atom. The van der Waals surface area contributed by atoms with Crippen molar-refractivity contribution in [2.75, 3.05) is 23.3 Å². The third kappa shape index (κ3) is 4.26. The molecule has 1 N–H and O–H groups in total. The predicted octanol–water partition coefficient (Wildman–Crippen LogP) is 3.01. The minimum Gasteiger partial charge on any atom is -0.357 e. The number of pyridine rings is 2. The van der Waals surface area contributed by atoms with Crippen LogP contribution in [0.5, 0.6) is 0 Å². The van der Waals surface area contributed by atoms with Crippen LogP contribution < -0.4 is 10.2 Å². The summed E-state index contributed by atoms with van der Waals surface area (Å²) >= 11 is 1.27. The average Bonchev–Trinajstić information content (AvgIpc) is 3.52. The Kier molecular flexibility index (Phi) is 5.31. The molecule has 4 aromatic rings. The van der Waals surface area contributed by atoms with E-state index < -0.39 is 0 Å². The van der Waals surface area contributed by atoms with Gasteiger partial charge in [0, 0.05) is 31.4 Å². The van der Waals surface area contributed by atoms with Gasteiger partial charge < -0.3 is 9.42 Å². The van der Waals surface area contributed by atoms with Gasteiger partial charge in [-0.15, -0.1) is 10.2 Å². The molecule has 1 saturated heterocycles. The Bertz CT molecular complexity index is 1140. The van der Waals surface area contributed by atoms with Crippen LogP contribution in [0.1, 0.15) is 35.0 Å². The lowest BCUT2D eigenvalue weighted by Gasteiger charge is -2.31. The van der Waals surface area contributed by atoms with Crippen LogP contribution in [0.3, 0.4) is 0 Å². The van der Waals surface area contributed by atoms with Crippen molar-refractivity contribution in [3.63, 3.8) is 0 Å². The quantitative estimate of drug-likeness (QED) is 0.505. The van der Waals surface area contributed by atoms with Gasteiger partial charge in [0.25, 0.3) is 5.91 Å². The van der Waals surface area contributed by atoms with Gasteiger partial charge in [-0.3, -0.25) is 15.1 Å². The van der Waals surface area contributed by atoms with E-state index in [1.54, 1.807) is 24.0 Å². The minimum atomic E-state index is -0.255. The fourth-order valence-electron chi connectivity index (χ4n) is 3.46. The van der Waals surface area contributed by atoms with Crippen LogP contribution in [0, 0.1) is 0 Å². The fourth-order valence-corrected chi connectivity index (χ4v) is 3.90. The van der Waals surface area contributed by atoms with Crippen molar-refractivity contribution in [1.82, 2.24) is 30.3 Å². The van der Waals surface area contributed by atoms with Crippen LogP contribution in [-0.2, 0) is 0 Å². The standard InChI is InChI=1S/C20H18N8O2S/c29-18(25-20-26-23-12-31-20)14-4-5-16(22-11-14)28-9-6-13(7-10-28)19-24-17(27-30-19)15-3-1-2-8-21-15/h1-5,8,11-13H,6-7,9-10H2,(H,25,26,29). The molecule has 0 radical (unpaired) electrons. The van der Waals surface area contributed by atoms with Gasteiger partial charge in [-0.1, -0.05) is 22.6 Å². The molecule has 1 fully saturated rings. The van der Waals surface area contributed by atoms with Crippen LogP contribution in [0.15, 0.2) is 52.8 Å². The minimum absolute atomic E-state index is 0.207. The largest absolute Gasteiger partial charge is 0.357 e. The first-order valence-electron chi connectivity index (χ1n) is 9.80. The summed E-state index contributed by atoms with van der Waals surface area (Å²) in [5, 5.41) is 14.7. The van der Waals surface area contributed by atoms with E-state index in [4.69, 9.17) is 4.52 Å². The smallest absolute Gasteiger partial charge is 0.259 e. The number of aromatic nitrogens is 6. The number of hydrogen-bond acceptors (Lipinski definition) is 10. The van der Waals surface area contributed by atoms with Crippen molar-refractivity contribution >= 4 is 28.2 Å². The van der Waals surface area contributed by atoms with E-state index in [-0.39, 0.29) is 11.8 Å². The number of hydrogen-bond donors (Lipinski definition) is 1. The summed E-state index contributed by atoms with van der Waals surface area (Å²) in [7, 11) is 0. The van der Waals surface area contributed by atoms with Gasteiger partial charge in [-0.2, -0.15) is 4.98 Å². The van der Waals surface area contributed by atoms with E-state index in [9.17, 15) is 4.79 Å². The molecular formula is C20H18N8O2S. The molecule has 10 nitrogen and oxygen atoms in total. The molecule has 0 aromatic carbocycles. The zero-order chi connectivity index (χ0) is 21.0. The number of anilines is 2. The van der Waals surface area contributed by atoms with Crippen molar-refractivity contribution in [3.05, 3.63) is 59.7 Å². The Balaban J connectivity index is 1.19. The van der Waals surface area contributed by atoms with E-state index >= 15 is 0 Å². The number of nitrogens with zero attached hydrogens (tertiary/aromatic N) is 7. The van der Waals surface area contributed by atoms with E-state index in [2.05, 4.69) is 40.5 Å². The molecule has 1 aliphatic rings. The summed E-state index contributed by atoms with van der Waals surface area (Å²) in [6.07, 6.45) is 5.05. The van der Waals surface area contributed by atoms with Crippen LogP contribution in [0.25, 0.3) is 11.5 Å². The highest BCUT2D eigenvalue weighted by Gasteiger charge is 2.26. The Morgan fingerprint density at radius 1 is 1.16 bits per heavy atom. The third-order valence-corrected chi connectivity index (χ3v) is 5.70. The number of carbonyl (C=O) groups excluding carboxylic acids is 1. The van der Waals surface area contributed by atoms with E-state index in [1.165, 1.54) is 11.3 Å². The summed E-state index contributed by atoms with van der Waals surface area (Å²) in [5.41, 5.74) is 2.74. The summed E-state index contributed by atoms with van der Waals surface area (Å²) < 4.78 is 5.50. The molecule has 1 aliphatic heterocycles. The maximum Gasteiger partial charge on any atom is 0.259 e. The average molecular weight is 434 g/mol. The Hall–Kier alpha value is -3.73. The third-order valence-electron chi connectivity index (χ3n) is 5.09. The lowest BCUT2D eigenvalue weighted by molar-refractivity contribution is 0.102. The normalized spacial score (nSPS) is 14.5. The van der Waals surface area contributed by atoms with Gasteiger partial charge in [0.2, 0.25) is 16.8 Å². The van der Waals surface area contributed by atoms with Gasteiger partial charge in [0.15, 0.2) is 0 Å². The molecule has 11 heteroatoms. The molecule has 4 aromatic heterocycles. The van der Waals surface area contributed by atoms with Crippen molar-refractivity contribution in [2.24, 2.45) is 0 Å². The van der Waals surface area contributed by atoms with Gasteiger partial charge in [-0.25, -0.2) is 4.98 Å².